The van der Waals surface area contributed by atoms with E-state index in [2.05, 4.69) is 11.4 Å². The summed E-state index contributed by atoms with van der Waals surface area (Å²) in [7, 11) is 0. The fourth-order valence-corrected chi connectivity index (χ4v) is 2.00. The van der Waals surface area contributed by atoms with E-state index in [1.165, 1.54) is 5.56 Å². The van der Waals surface area contributed by atoms with Crippen LogP contribution < -0.4 is 5.32 Å². The number of aryl methyl sites for hydroxylation is 2. The highest BCUT2D eigenvalue weighted by Crippen LogP contribution is 2.19. The molecule has 0 amide bonds. The van der Waals surface area contributed by atoms with Crippen molar-refractivity contribution in [3.8, 4) is 0 Å². The van der Waals surface area contributed by atoms with E-state index in [1.807, 2.05) is 32.9 Å². The molecular formula is C14H21F2NO. The van der Waals surface area contributed by atoms with Gasteiger partial charge in [0.15, 0.2) is 0 Å². The number of ether oxygens (including phenoxy) is 1. The lowest BCUT2D eigenvalue weighted by Gasteiger charge is -2.20. The third-order valence-corrected chi connectivity index (χ3v) is 2.78. The first kappa shape index (κ1) is 15.1. The molecule has 0 aliphatic rings. The van der Waals surface area contributed by atoms with Crippen LogP contribution in [0.3, 0.4) is 0 Å². The molecule has 1 atom stereocenters. The van der Waals surface area contributed by atoms with Gasteiger partial charge in [-0.3, -0.25) is 0 Å². The molecule has 0 radical (unpaired) electrons. The summed E-state index contributed by atoms with van der Waals surface area (Å²) in [5, 5.41) is 3.26. The number of hydrogen-bond acceptors (Lipinski definition) is 2. The second-order valence-corrected chi connectivity index (χ2v) is 4.40. The lowest BCUT2D eigenvalue weighted by molar-refractivity contribution is 0.00929. The van der Waals surface area contributed by atoms with Gasteiger partial charge in [0.25, 0.3) is 6.43 Å². The van der Waals surface area contributed by atoms with Crippen LogP contribution in [0, 0.1) is 13.8 Å². The Morgan fingerprint density at radius 3 is 2.50 bits per heavy atom. The molecule has 1 N–H and O–H groups in total. The Bertz CT molecular complexity index is 369. The smallest absolute Gasteiger partial charge is 0.261 e. The zero-order valence-corrected chi connectivity index (χ0v) is 11.2. The maximum Gasteiger partial charge on any atom is 0.261 e. The van der Waals surface area contributed by atoms with Crippen molar-refractivity contribution in [2.24, 2.45) is 0 Å². The lowest BCUT2D eigenvalue weighted by atomic mass is 9.99. The highest BCUT2D eigenvalue weighted by Gasteiger charge is 2.14. The number of halogens is 2. The molecule has 1 aromatic carbocycles. The van der Waals surface area contributed by atoms with Crippen LogP contribution in [-0.2, 0) is 4.74 Å². The largest absolute Gasteiger partial charge is 0.374 e. The van der Waals surface area contributed by atoms with Crippen LogP contribution in [0.15, 0.2) is 18.2 Å². The Morgan fingerprint density at radius 1 is 1.22 bits per heavy atom. The second kappa shape index (κ2) is 7.44. The van der Waals surface area contributed by atoms with Gasteiger partial charge in [-0.15, -0.1) is 0 Å². The normalized spacial score (nSPS) is 13.0. The van der Waals surface area contributed by atoms with Gasteiger partial charge in [-0.2, -0.15) is 0 Å². The van der Waals surface area contributed by atoms with Crippen molar-refractivity contribution in [1.82, 2.24) is 5.32 Å². The predicted octanol–water partition coefficient (Wildman–Crippen LogP) is 3.24. The van der Waals surface area contributed by atoms with Gasteiger partial charge < -0.3 is 10.1 Å². The van der Waals surface area contributed by atoms with E-state index < -0.39 is 13.0 Å². The van der Waals surface area contributed by atoms with Crippen LogP contribution in [0.4, 0.5) is 8.78 Å². The SMILES string of the molecule is CCNC(COCC(F)F)c1ccc(C)cc1C. The molecule has 2 nitrogen and oxygen atoms in total. The molecule has 0 aromatic heterocycles. The number of alkyl halides is 2. The molecule has 0 saturated carbocycles. The minimum Gasteiger partial charge on any atom is -0.374 e. The Kier molecular flexibility index (Phi) is 6.22. The average Bonchev–Trinajstić information content (AvgIpc) is 2.28. The van der Waals surface area contributed by atoms with Gasteiger partial charge in [-0.25, -0.2) is 8.78 Å². The summed E-state index contributed by atoms with van der Waals surface area (Å²) in [4.78, 5) is 0. The van der Waals surface area contributed by atoms with Crippen LogP contribution in [0.5, 0.6) is 0 Å². The van der Waals surface area contributed by atoms with E-state index in [1.54, 1.807) is 0 Å². The summed E-state index contributed by atoms with van der Waals surface area (Å²) < 4.78 is 29.2. The molecule has 4 heteroatoms. The van der Waals surface area contributed by atoms with Crippen LogP contribution >= 0.6 is 0 Å². The van der Waals surface area contributed by atoms with Crippen LogP contribution in [0.1, 0.15) is 29.7 Å². The third kappa shape index (κ3) is 4.70. The lowest BCUT2D eigenvalue weighted by Crippen LogP contribution is -2.27. The van der Waals surface area contributed by atoms with Crippen LogP contribution in [0.2, 0.25) is 0 Å². The molecular weight excluding hydrogens is 236 g/mol. The zero-order chi connectivity index (χ0) is 13.5. The molecule has 102 valence electrons. The maximum atomic E-state index is 12.1. The fraction of sp³-hybridized carbons (Fsp3) is 0.571. The van der Waals surface area contributed by atoms with Gasteiger partial charge in [0.1, 0.15) is 6.61 Å². The van der Waals surface area contributed by atoms with Gasteiger partial charge in [-0.1, -0.05) is 30.7 Å². The summed E-state index contributed by atoms with van der Waals surface area (Å²) in [6.07, 6.45) is -2.41. The summed E-state index contributed by atoms with van der Waals surface area (Å²) in [6.45, 7) is 6.58. The molecule has 1 unspecified atom stereocenters. The average molecular weight is 257 g/mol. The highest BCUT2D eigenvalue weighted by atomic mass is 19.3. The number of likely N-dealkylation sites (N-methyl/N-ethyl adjacent to an activating group) is 1. The Balaban J connectivity index is 2.70. The number of rotatable bonds is 7. The third-order valence-electron chi connectivity index (χ3n) is 2.78. The molecule has 0 spiro atoms. The Hall–Kier alpha value is -1.00. The summed E-state index contributed by atoms with van der Waals surface area (Å²) in [6, 6.07) is 6.12. The molecule has 0 heterocycles. The molecule has 0 aliphatic carbocycles. The van der Waals surface area contributed by atoms with Gasteiger partial charge in [0.2, 0.25) is 0 Å². The van der Waals surface area contributed by atoms with Gasteiger partial charge in [0.05, 0.1) is 12.6 Å². The monoisotopic (exact) mass is 257 g/mol. The topological polar surface area (TPSA) is 21.3 Å². The van der Waals surface area contributed by atoms with Crippen molar-refractivity contribution in [1.29, 1.82) is 0 Å². The fourth-order valence-electron chi connectivity index (χ4n) is 2.00. The minimum atomic E-state index is -2.41. The van der Waals surface area contributed by atoms with E-state index in [9.17, 15) is 8.78 Å². The first-order chi connectivity index (χ1) is 8.54. The van der Waals surface area contributed by atoms with E-state index in [0.29, 0.717) is 0 Å². The van der Waals surface area contributed by atoms with Crippen molar-refractivity contribution >= 4 is 0 Å². The van der Waals surface area contributed by atoms with Crippen LogP contribution in [0.25, 0.3) is 0 Å². The van der Waals surface area contributed by atoms with Gasteiger partial charge in [-0.05, 0) is 31.5 Å². The molecule has 0 bridgehead atoms. The zero-order valence-electron chi connectivity index (χ0n) is 11.2. The number of hydrogen-bond donors (Lipinski definition) is 1. The minimum absolute atomic E-state index is 0.0330. The first-order valence-electron chi connectivity index (χ1n) is 6.21. The maximum absolute atomic E-state index is 12.1. The number of benzene rings is 1. The molecule has 18 heavy (non-hydrogen) atoms. The first-order valence-corrected chi connectivity index (χ1v) is 6.21. The molecule has 0 saturated heterocycles. The Labute approximate surface area is 107 Å². The predicted molar refractivity (Wildman–Crippen MR) is 69.2 cm³/mol. The second-order valence-electron chi connectivity index (χ2n) is 4.40. The summed E-state index contributed by atoms with van der Waals surface area (Å²) in [5.41, 5.74) is 3.46. The molecule has 1 rings (SSSR count). The molecule has 0 aliphatic heterocycles. The van der Waals surface area contributed by atoms with Crippen molar-refractivity contribution in [3.05, 3.63) is 34.9 Å². The number of nitrogens with one attached hydrogen (secondary N) is 1. The van der Waals surface area contributed by atoms with E-state index in [0.717, 1.165) is 17.7 Å². The molecule has 1 aromatic rings. The van der Waals surface area contributed by atoms with E-state index in [4.69, 9.17) is 4.74 Å². The van der Waals surface area contributed by atoms with Crippen molar-refractivity contribution in [2.45, 2.75) is 33.2 Å². The van der Waals surface area contributed by atoms with Gasteiger partial charge in [0, 0.05) is 0 Å². The van der Waals surface area contributed by atoms with Crippen molar-refractivity contribution in [2.75, 3.05) is 19.8 Å². The summed E-state index contributed by atoms with van der Waals surface area (Å²) >= 11 is 0. The summed E-state index contributed by atoms with van der Waals surface area (Å²) in [5.74, 6) is 0. The van der Waals surface area contributed by atoms with Crippen molar-refractivity contribution in [3.63, 3.8) is 0 Å². The molecule has 0 fully saturated rings. The quantitative estimate of drug-likeness (QED) is 0.809. The highest BCUT2D eigenvalue weighted by molar-refractivity contribution is 5.32. The Morgan fingerprint density at radius 2 is 1.94 bits per heavy atom. The standard InChI is InChI=1S/C14H21F2NO/c1-4-17-13(8-18-9-14(15)16)12-6-5-10(2)7-11(12)3/h5-7,13-14,17H,4,8-9H2,1-3H3. The van der Waals surface area contributed by atoms with E-state index in [-0.39, 0.29) is 12.6 Å². The van der Waals surface area contributed by atoms with E-state index >= 15 is 0 Å². The van der Waals surface area contributed by atoms with Crippen LogP contribution in [-0.4, -0.2) is 26.2 Å². The van der Waals surface area contributed by atoms with Crippen molar-refractivity contribution < 1.29 is 13.5 Å². The van der Waals surface area contributed by atoms with Gasteiger partial charge >= 0.3 is 0 Å².